The summed E-state index contributed by atoms with van der Waals surface area (Å²) in [7, 11) is 4.69. The Hall–Kier alpha value is -2.51. The zero-order chi connectivity index (χ0) is 23.7. The number of likely N-dealkylation sites (N-methyl/N-ethyl adjacent to an activating group) is 1. The van der Waals surface area contributed by atoms with E-state index in [0.717, 1.165) is 28.9 Å². The van der Waals surface area contributed by atoms with Gasteiger partial charge in [-0.05, 0) is 41.2 Å². The molecule has 7 heteroatoms. The number of ether oxygens (including phenoxy) is 2. The molecule has 2 aromatic rings. The number of rotatable bonds is 11. The highest BCUT2D eigenvalue weighted by molar-refractivity contribution is 7.82. The van der Waals surface area contributed by atoms with Crippen LogP contribution in [0.5, 0.6) is 5.75 Å². The summed E-state index contributed by atoms with van der Waals surface area (Å²) in [5.74, 6) is 0.484. The van der Waals surface area contributed by atoms with Crippen LogP contribution in [-0.4, -0.2) is 45.7 Å². The van der Waals surface area contributed by atoms with Gasteiger partial charge in [0.1, 0.15) is 16.5 Å². The molecular weight excluding hydrogens is 424 g/mol. The molecule has 2 amide bonds. The van der Waals surface area contributed by atoms with Gasteiger partial charge in [-0.25, -0.2) is 0 Å². The monoisotopic (exact) mass is 458 g/mol. The Morgan fingerprint density at radius 3 is 2.25 bits per heavy atom. The average Bonchev–Trinajstić information content (AvgIpc) is 2.78. The van der Waals surface area contributed by atoms with Crippen LogP contribution < -0.4 is 15.4 Å². The summed E-state index contributed by atoms with van der Waals surface area (Å²) in [4.78, 5) is 26.1. The lowest BCUT2D eigenvalue weighted by Gasteiger charge is -2.31. The predicted molar refractivity (Wildman–Crippen MR) is 130 cm³/mol. The third kappa shape index (κ3) is 6.50. The van der Waals surface area contributed by atoms with E-state index >= 15 is 0 Å². The fourth-order valence-electron chi connectivity index (χ4n) is 3.67. The summed E-state index contributed by atoms with van der Waals surface area (Å²) in [5, 5.41) is 5.55. The smallest absolute Gasteiger partial charge is 0.243 e. The maximum Gasteiger partial charge on any atom is 0.243 e. The molecule has 0 bridgehead atoms. The third-order valence-corrected chi connectivity index (χ3v) is 5.86. The molecule has 0 aromatic heterocycles. The highest BCUT2D eigenvalue weighted by Crippen LogP contribution is 2.33. The molecule has 0 heterocycles. The molecular formula is C25H34N2O4S. The normalized spacial score (nSPS) is 13.8. The second-order valence-corrected chi connectivity index (χ2v) is 9.00. The van der Waals surface area contributed by atoms with Crippen LogP contribution in [0.25, 0.3) is 0 Å². The Labute approximate surface area is 196 Å². The van der Waals surface area contributed by atoms with Gasteiger partial charge in [0, 0.05) is 20.6 Å². The minimum absolute atomic E-state index is 0.0695. The summed E-state index contributed by atoms with van der Waals surface area (Å²) in [6.45, 7) is 4.33. The van der Waals surface area contributed by atoms with Gasteiger partial charge in [-0.3, -0.25) is 9.59 Å². The minimum Gasteiger partial charge on any atom is -0.497 e. The van der Waals surface area contributed by atoms with E-state index in [0.29, 0.717) is 12.3 Å². The Morgan fingerprint density at radius 1 is 1.03 bits per heavy atom. The molecule has 2 aromatic carbocycles. The quantitative estimate of drug-likeness (QED) is 0.452. The van der Waals surface area contributed by atoms with Gasteiger partial charge in [0.25, 0.3) is 0 Å². The van der Waals surface area contributed by atoms with Crippen molar-refractivity contribution in [3.05, 3.63) is 65.2 Å². The van der Waals surface area contributed by atoms with Crippen LogP contribution in [0.1, 0.15) is 30.5 Å². The molecule has 32 heavy (non-hydrogen) atoms. The number of benzene rings is 2. The largest absolute Gasteiger partial charge is 0.497 e. The Kier molecular flexibility index (Phi) is 9.60. The molecule has 0 aliphatic rings. The molecule has 2 N–H and O–H groups in total. The first kappa shape index (κ1) is 25.7. The van der Waals surface area contributed by atoms with Crippen molar-refractivity contribution in [2.24, 2.45) is 5.92 Å². The number of hydrogen-bond acceptors (Lipinski definition) is 5. The van der Waals surface area contributed by atoms with Gasteiger partial charge in [-0.1, -0.05) is 50.2 Å². The fourth-order valence-corrected chi connectivity index (χ4v) is 4.09. The molecule has 0 saturated carbocycles. The van der Waals surface area contributed by atoms with Gasteiger partial charge < -0.3 is 20.1 Å². The van der Waals surface area contributed by atoms with Crippen molar-refractivity contribution in [2.75, 3.05) is 27.9 Å². The van der Waals surface area contributed by atoms with E-state index in [1.807, 2.05) is 48.5 Å². The van der Waals surface area contributed by atoms with Crippen LogP contribution in [-0.2, 0) is 31.9 Å². The van der Waals surface area contributed by atoms with E-state index in [2.05, 4.69) is 24.5 Å². The summed E-state index contributed by atoms with van der Waals surface area (Å²) >= 11 is 4.81. The highest BCUT2D eigenvalue weighted by atomic mass is 32.1. The van der Waals surface area contributed by atoms with Crippen molar-refractivity contribution in [1.29, 1.82) is 0 Å². The molecule has 2 rings (SSSR count). The van der Waals surface area contributed by atoms with Crippen molar-refractivity contribution >= 4 is 24.4 Å². The van der Waals surface area contributed by atoms with Gasteiger partial charge in [0.15, 0.2) is 0 Å². The Morgan fingerprint density at radius 2 is 1.69 bits per heavy atom. The first-order chi connectivity index (χ1) is 15.2. The van der Waals surface area contributed by atoms with Crippen LogP contribution in [0.2, 0.25) is 0 Å². The first-order valence-electron chi connectivity index (χ1n) is 10.7. The van der Waals surface area contributed by atoms with Crippen molar-refractivity contribution in [3.63, 3.8) is 0 Å². The molecule has 174 valence electrons. The van der Waals surface area contributed by atoms with Crippen LogP contribution in [0.4, 0.5) is 0 Å². The second-order valence-electron chi connectivity index (χ2n) is 8.24. The zero-order valence-electron chi connectivity index (χ0n) is 19.5. The van der Waals surface area contributed by atoms with E-state index in [-0.39, 0.29) is 18.4 Å². The fraction of sp³-hybridized carbons (Fsp3) is 0.440. The maximum atomic E-state index is 13.5. The molecule has 0 fully saturated rings. The number of hydrogen-bond donors (Lipinski definition) is 3. The molecule has 2 unspecified atom stereocenters. The van der Waals surface area contributed by atoms with Crippen LogP contribution in [0.3, 0.4) is 0 Å². The summed E-state index contributed by atoms with van der Waals surface area (Å²) < 4.78 is 9.35. The number of nitrogens with one attached hydrogen (secondary N) is 2. The highest BCUT2D eigenvalue weighted by Gasteiger charge is 2.40. The van der Waals surface area contributed by atoms with Crippen LogP contribution >= 0.6 is 12.6 Å². The van der Waals surface area contributed by atoms with Crippen molar-refractivity contribution < 1.29 is 19.1 Å². The minimum atomic E-state index is -1.24. The van der Waals surface area contributed by atoms with E-state index in [4.69, 9.17) is 22.1 Å². The predicted octanol–water partition coefficient (Wildman–Crippen LogP) is 3.14. The molecule has 0 radical (unpaired) electrons. The number of methoxy groups -OCH3 is 2. The molecule has 0 aliphatic heterocycles. The number of carbonyl (C=O) groups excluding carboxylic acids is 2. The maximum absolute atomic E-state index is 13.5. The van der Waals surface area contributed by atoms with Crippen molar-refractivity contribution in [3.8, 4) is 5.75 Å². The lowest BCUT2D eigenvalue weighted by molar-refractivity contribution is -0.131. The van der Waals surface area contributed by atoms with Gasteiger partial charge in [-0.15, -0.1) is 0 Å². The Balaban J connectivity index is 2.34. The van der Waals surface area contributed by atoms with Gasteiger partial charge in [0.2, 0.25) is 11.8 Å². The van der Waals surface area contributed by atoms with Crippen LogP contribution in [0, 0.1) is 5.92 Å². The van der Waals surface area contributed by atoms with Crippen molar-refractivity contribution in [2.45, 2.75) is 37.5 Å². The summed E-state index contributed by atoms with van der Waals surface area (Å²) in [5.41, 5.74) is 2.73. The van der Waals surface area contributed by atoms with E-state index in [1.165, 1.54) is 7.11 Å². The number of thiol groups is 1. The van der Waals surface area contributed by atoms with E-state index in [1.54, 1.807) is 14.2 Å². The lowest BCUT2D eigenvalue weighted by Crippen LogP contribution is -2.53. The first-order valence-corrected chi connectivity index (χ1v) is 11.1. The molecule has 6 nitrogen and oxygen atoms in total. The van der Waals surface area contributed by atoms with Gasteiger partial charge in [-0.2, -0.15) is 12.6 Å². The van der Waals surface area contributed by atoms with Crippen LogP contribution in [0.15, 0.2) is 48.5 Å². The Bertz CT molecular complexity index is 901. The molecule has 0 aliphatic carbocycles. The SMILES string of the molecule is CNC(=O)C(Cc1ccc(OC)cc1)NC(=O)C(S)(COC)c1ccccc1CC(C)C. The second kappa shape index (κ2) is 11.9. The number of carbonyl (C=O) groups is 2. The van der Waals surface area contributed by atoms with E-state index in [9.17, 15) is 9.59 Å². The number of amides is 2. The molecule has 0 spiro atoms. The van der Waals surface area contributed by atoms with Gasteiger partial charge >= 0.3 is 0 Å². The lowest BCUT2D eigenvalue weighted by atomic mass is 9.88. The standard InChI is InChI=1S/C25H34N2O4S/c1-17(2)14-19-8-6-7-9-21(19)25(32,16-30-4)24(29)27-22(23(28)26-3)15-18-10-12-20(31-5)13-11-18/h6-13,17,22,32H,14-16H2,1-5H3,(H,26,28)(H,27,29). The zero-order valence-corrected chi connectivity index (χ0v) is 20.4. The van der Waals surface area contributed by atoms with Crippen molar-refractivity contribution in [1.82, 2.24) is 10.6 Å². The summed E-state index contributed by atoms with van der Waals surface area (Å²) in [6, 6.07) is 14.4. The summed E-state index contributed by atoms with van der Waals surface area (Å²) in [6.07, 6.45) is 1.14. The van der Waals surface area contributed by atoms with Gasteiger partial charge in [0.05, 0.1) is 13.7 Å². The molecule has 0 saturated heterocycles. The van der Waals surface area contributed by atoms with E-state index < -0.39 is 10.8 Å². The topological polar surface area (TPSA) is 76.7 Å². The average molecular weight is 459 g/mol. The third-order valence-electron chi connectivity index (χ3n) is 5.29. The molecule has 2 atom stereocenters.